The molecule has 0 radical (unpaired) electrons. The summed E-state index contributed by atoms with van der Waals surface area (Å²) in [6, 6.07) is 22.5. The largest absolute Gasteiger partial charge is 0.352 e. The van der Waals surface area contributed by atoms with Crippen molar-refractivity contribution in [2.45, 2.75) is 77.4 Å². The van der Waals surface area contributed by atoms with Crippen LogP contribution >= 0.6 is 15.9 Å². The molecule has 0 aliphatic heterocycles. The van der Waals surface area contributed by atoms with Crippen LogP contribution in [0.15, 0.2) is 77.3 Å². The first-order valence-electron chi connectivity index (χ1n) is 14.9. The predicted octanol–water partition coefficient (Wildman–Crippen LogP) is 6.31. The van der Waals surface area contributed by atoms with Gasteiger partial charge in [-0.05, 0) is 79.6 Å². The monoisotopic (exact) mass is 667 g/mol. The van der Waals surface area contributed by atoms with E-state index in [2.05, 4.69) is 21.2 Å². The number of nitrogens with one attached hydrogen (secondary N) is 1. The molecule has 0 saturated heterocycles. The van der Waals surface area contributed by atoms with E-state index in [0.29, 0.717) is 18.5 Å². The Hall–Kier alpha value is -3.17. The Morgan fingerprint density at radius 1 is 0.930 bits per heavy atom. The van der Waals surface area contributed by atoms with Gasteiger partial charge in [0.25, 0.3) is 0 Å². The van der Waals surface area contributed by atoms with Gasteiger partial charge in [-0.15, -0.1) is 0 Å². The number of amides is 2. The SMILES string of the molecule is Cc1ccc(N(CCCC(=O)N(Cc2ccc(Br)cc2)[C@@H](Cc2ccccc2)C(=O)NC2CCCC2)S(C)(=O)=O)cc1C. The number of aryl methyl sites for hydroxylation is 2. The standard InChI is InChI=1S/C34H42BrN3O4S/c1-25-15-20-31(22-26(25)2)38(43(3,41)42)21-9-14-33(39)37(24-28-16-18-29(35)19-17-28)32(23-27-10-5-4-6-11-27)34(40)36-30-12-7-8-13-30/h4-6,10-11,15-20,22,30,32H,7-9,12-14,21,23-24H2,1-3H3,(H,36,40)/t32-/m0/s1. The fourth-order valence-electron chi connectivity index (χ4n) is 5.59. The molecule has 0 unspecified atom stereocenters. The van der Waals surface area contributed by atoms with Gasteiger partial charge in [0, 0.05) is 36.4 Å². The lowest BCUT2D eigenvalue weighted by molar-refractivity contribution is -0.141. The number of halogens is 1. The average molecular weight is 669 g/mol. The van der Waals surface area contributed by atoms with E-state index >= 15 is 0 Å². The lowest BCUT2D eigenvalue weighted by atomic mass is 10.0. The minimum atomic E-state index is -3.56. The minimum Gasteiger partial charge on any atom is -0.352 e. The highest BCUT2D eigenvalue weighted by atomic mass is 79.9. The molecule has 0 heterocycles. The molecule has 1 saturated carbocycles. The third-order valence-electron chi connectivity index (χ3n) is 8.17. The van der Waals surface area contributed by atoms with Crippen molar-refractivity contribution < 1.29 is 18.0 Å². The van der Waals surface area contributed by atoms with Crippen LogP contribution in [0.25, 0.3) is 0 Å². The molecule has 0 bridgehead atoms. The average Bonchev–Trinajstić information content (AvgIpc) is 3.48. The van der Waals surface area contributed by atoms with Crippen molar-refractivity contribution in [1.29, 1.82) is 0 Å². The molecule has 2 amide bonds. The maximum absolute atomic E-state index is 14.0. The van der Waals surface area contributed by atoms with E-state index in [4.69, 9.17) is 0 Å². The number of nitrogens with zero attached hydrogens (tertiary/aromatic N) is 2. The van der Waals surface area contributed by atoms with E-state index < -0.39 is 16.1 Å². The van der Waals surface area contributed by atoms with Gasteiger partial charge in [0.1, 0.15) is 6.04 Å². The smallest absolute Gasteiger partial charge is 0.243 e. The summed E-state index contributed by atoms with van der Waals surface area (Å²) in [5.41, 5.74) is 4.55. The second kappa shape index (κ2) is 15.0. The number of benzene rings is 3. The Balaban J connectivity index is 1.58. The fourth-order valence-corrected chi connectivity index (χ4v) is 6.81. The molecule has 43 heavy (non-hydrogen) atoms. The zero-order valence-corrected chi connectivity index (χ0v) is 27.7. The maximum atomic E-state index is 14.0. The van der Waals surface area contributed by atoms with Crippen LogP contribution in [0.3, 0.4) is 0 Å². The lowest BCUT2D eigenvalue weighted by Crippen LogP contribution is -2.52. The second-order valence-corrected chi connectivity index (χ2v) is 14.4. The topological polar surface area (TPSA) is 86.8 Å². The zero-order valence-electron chi connectivity index (χ0n) is 25.3. The van der Waals surface area contributed by atoms with Gasteiger partial charge in [0.05, 0.1) is 11.9 Å². The zero-order chi connectivity index (χ0) is 31.0. The van der Waals surface area contributed by atoms with Crippen LogP contribution in [0.2, 0.25) is 0 Å². The molecule has 1 aliphatic rings. The van der Waals surface area contributed by atoms with Crippen molar-refractivity contribution in [3.05, 3.63) is 99.5 Å². The highest BCUT2D eigenvalue weighted by Gasteiger charge is 2.32. The number of carbonyl (C=O) groups is 2. The first kappa shape index (κ1) is 32.7. The Morgan fingerprint density at radius 2 is 1.60 bits per heavy atom. The summed E-state index contributed by atoms with van der Waals surface area (Å²) in [5.74, 6) is -0.326. The van der Waals surface area contributed by atoms with Crippen molar-refractivity contribution in [2.75, 3.05) is 17.1 Å². The third-order valence-corrected chi connectivity index (χ3v) is 9.89. The van der Waals surface area contributed by atoms with Gasteiger partial charge >= 0.3 is 0 Å². The van der Waals surface area contributed by atoms with Crippen LogP contribution in [0.4, 0.5) is 5.69 Å². The highest BCUT2D eigenvalue weighted by Crippen LogP contribution is 2.24. The van der Waals surface area contributed by atoms with Crippen LogP contribution in [0.1, 0.15) is 60.8 Å². The van der Waals surface area contributed by atoms with Crippen LogP contribution in [-0.4, -0.2) is 50.0 Å². The summed E-state index contributed by atoms with van der Waals surface area (Å²) in [7, 11) is -3.56. The molecular weight excluding hydrogens is 626 g/mol. The van der Waals surface area contributed by atoms with Crippen molar-refractivity contribution >= 4 is 43.5 Å². The number of hydrogen-bond acceptors (Lipinski definition) is 4. The Bertz CT molecular complexity index is 1490. The summed E-state index contributed by atoms with van der Waals surface area (Å²) in [6.07, 6.45) is 6.08. The van der Waals surface area contributed by atoms with Gasteiger partial charge in [-0.1, -0.05) is 77.3 Å². The number of anilines is 1. The van der Waals surface area contributed by atoms with Gasteiger partial charge in [-0.25, -0.2) is 8.42 Å². The van der Waals surface area contributed by atoms with Crippen LogP contribution in [-0.2, 0) is 32.6 Å². The van der Waals surface area contributed by atoms with Gasteiger partial charge < -0.3 is 10.2 Å². The molecule has 4 rings (SSSR count). The first-order valence-corrected chi connectivity index (χ1v) is 17.6. The van der Waals surface area contributed by atoms with Gasteiger partial charge in [0.15, 0.2) is 0 Å². The van der Waals surface area contributed by atoms with Gasteiger partial charge in [-0.2, -0.15) is 0 Å². The predicted molar refractivity (Wildman–Crippen MR) is 176 cm³/mol. The molecule has 1 fully saturated rings. The van der Waals surface area contributed by atoms with Crippen LogP contribution in [0, 0.1) is 13.8 Å². The molecular formula is C34H42BrN3O4S. The molecule has 0 aromatic heterocycles. The molecule has 9 heteroatoms. The number of carbonyl (C=O) groups excluding carboxylic acids is 2. The van der Waals surface area contributed by atoms with Crippen molar-refractivity contribution in [1.82, 2.24) is 10.2 Å². The van der Waals surface area contributed by atoms with Crippen molar-refractivity contribution in [3.63, 3.8) is 0 Å². The number of hydrogen-bond donors (Lipinski definition) is 1. The third kappa shape index (κ3) is 9.41. The molecule has 3 aromatic carbocycles. The molecule has 3 aromatic rings. The molecule has 230 valence electrons. The molecule has 1 aliphatic carbocycles. The van der Waals surface area contributed by atoms with Crippen LogP contribution < -0.4 is 9.62 Å². The van der Waals surface area contributed by atoms with Crippen molar-refractivity contribution in [3.8, 4) is 0 Å². The summed E-state index contributed by atoms with van der Waals surface area (Å²) < 4.78 is 27.8. The summed E-state index contributed by atoms with van der Waals surface area (Å²) >= 11 is 3.48. The first-order chi connectivity index (χ1) is 20.5. The van der Waals surface area contributed by atoms with Gasteiger partial charge in [-0.3, -0.25) is 13.9 Å². The van der Waals surface area contributed by atoms with E-state index in [1.807, 2.05) is 80.6 Å². The summed E-state index contributed by atoms with van der Waals surface area (Å²) in [6.45, 7) is 4.37. The maximum Gasteiger partial charge on any atom is 0.243 e. The quantitative estimate of drug-likeness (QED) is 0.231. The Kier molecular flexibility index (Phi) is 11.4. The molecule has 1 N–H and O–H groups in total. The summed E-state index contributed by atoms with van der Waals surface area (Å²) in [4.78, 5) is 29.6. The van der Waals surface area contributed by atoms with Crippen LogP contribution in [0.5, 0.6) is 0 Å². The summed E-state index contributed by atoms with van der Waals surface area (Å²) in [5, 5.41) is 3.23. The normalized spacial score (nSPS) is 14.3. The molecule has 0 spiro atoms. The number of sulfonamides is 1. The minimum absolute atomic E-state index is 0.107. The van der Waals surface area contributed by atoms with Crippen molar-refractivity contribution in [2.24, 2.45) is 0 Å². The Morgan fingerprint density at radius 3 is 2.23 bits per heavy atom. The molecule has 1 atom stereocenters. The Labute approximate surface area is 264 Å². The number of rotatable bonds is 13. The van der Waals surface area contributed by atoms with E-state index in [1.54, 1.807) is 11.0 Å². The van der Waals surface area contributed by atoms with E-state index in [1.165, 1.54) is 10.6 Å². The second-order valence-electron chi connectivity index (χ2n) is 11.6. The van der Waals surface area contributed by atoms with E-state index in [-0.39, 0.29) is 37.4 Å². The molecule has 7 nitrogen and oxygen atoms in total. The van der Waals surface area contributed by atoms with Gasteiger partial charge in [0.2, 0.25) is 21.8 Å². The lowest BCUT2D eigenvalue weighted by Gasteiger charge is -2.33. The van der Waals surface area contributed by atoms with E-state index in [9.17, 15) is 18.0 Å². The fraction of sp³-hybridized carbons (Fsp3) is 0.412. The highest BCUT2D eigenvalue weighted by molar-refractivity contribution is 9.10. The van der Waals surface area contributed by atoms with E-state index in [0.717, 1.165) is 52.4 Å².